The maximum absolute atomic E-state index is 11.8. The highest BCUT2D eigenvalue weighted by molar-refractivity contribution is 9.10. The number of hydrogen-bond acceptors (Lipinski definition) is 2. The van der Waals surface area contributed by atoms with Crippen molar-refractivity contribution in [2.45, 2.75) is 25.6 Å². The van der Waals surface area contributed by atoms with Crippen LogP contribution in [-0.4, -0.2) is 17.5 Å². The lowest BCUT2D eigenvalue weighted by Gasteiger charge is -1.99. The van der Waals surface area contributed by atoms with Crippen molar-refractivity contribution in [3.05, 3.63) is 40.4 Å². The minimum absolute atomic E-state index is 0.0305. The van der Waals surface area contributed by atoms with Gasteiger partial charge in [-0.25, -0.2) is 0 Å². The zero-order valence-electron chi connectivity index (χ0n) is 9.24. The molecule has 84 valence electrons. The summed E-state index contributed by atoms with van der Waals surface area (Å²) in [7, 11) is 0. The Kier molecular flexibility index (Phi) is 3.00. The molecule has 0 unspecified atom stereocenters. The van der Waals surface area contributed by atoms with Crippen LogP contribution < -0.4 is 0 Å². The van der Waals surface area contributed by atoms with E-state index in [4.69, 9.17) is 4.74 Å². The molecule has 2 atom stereocenters. The Morgan fingerprint density at radius 2 is 2.00 bits per heavy atom. The third-order valence-electron chi connectivity index (χ3n) is 2.93. The predicted octanol–water partition coefficient (Wildman–Crippen LogP) is 3.21. The summed E-state index contributed by atoms with van der Waals surface area (Å²) in [6, 6.07) is 7.80. The summed E-state index contributed by atoms with van der Waals surface area (Å²) in [5.41, 5.74) is 0.416. The minimum atomic E-state index is -0.591. The fourth-order valence-corrected chi connectivity index (χ4v) is 1.77. The van der Waals surface area contributed by atoms with E-state index < -0.39 is 5.60 Å². The summed E-state index contributed by atoms with van der Waals surface area (Å²) in [4.78, 5) is 11.8. The molecule has 2 rings (SSSR count). The van der Waals surface area contributed by atoms with Crippen molar-refractivity contribution in [1.82, 2.24) is 0 Å². The average Bonchev–Trinajstić information content (AvgIpc) is 2.87. The van der Waals surface area contributed by atoms with Crippen LogP contribution in [0, 0.1) is 0 Å². The maximum atomic E-state index is 11.8. The quantitative estimate of drug-likeness (QED) is 0.629. The van der Waals surface area contributed by atoms with E-state index in [9.17, 15) is 4.79 Å². The number of carbonyl (C=O) groups is 1. The monoisotopic (exact) mass is 280 g/mol. The minimum Gasteiger partial charge on any atom is -0.358 e. The summed E-state index contributed by atoms with van der Waals surface area (Å²) < 4.78 is 6.30. The van der Waals surface area contributed by atoms with Crippen LogP contribution in [0.15, 0.2) is 34.8 Å². The lowest BCUT2D eigenvalue weighted by Crippen LogP contribution is -2.20. The Balaban J connectivity index is 2.05. The fraction of sp³-hybridized carbons (Fsp3) is 0.308. The zero-order valence-corrected chi connectivity index (χ0v) is 10.8. The first-order chi connectivity index (χ1) is 7.52. The molecule has 1 fully saturated rings. The topological polar surface area (TPSA) is 29.6 Å². The van der Waals surface area contributed by atoms with Crippen molar-refractivity contribution < 1.29 is 9.53 Å². The third-order valence-corrected chi connectivity index (χ3v) is 3.46. The number of carbonyl (C=O) groups excluding carboxylic acids is 1. The van der Waals surface area contributed by atoms with Gasteiger partial charge in [0.2, 0.25) is 0 Å². The molecule has 1 saturated heterocycles. The van der Waals surface area contributed by atoms with Gasteiger partial charge in [-0.15, -0.1) is 0 Å². The van der Waals surface area contributed by atoms with Gasteiger partial charge in [-0.05, 0) is 37.6 Å². The highest BCUT2D eigenvalue weighted by Crippen LogP contribution is 2.36. The van der Waals surface area contributed by atoms with Gasteiger partial charge in [-0.2, -0.15) is 0 Å². The van der Waals surface area contributed by atoms with Gasteiger partial charge in [0.05, 0.1) is 6.10 Å². The molecular formula is C13H13BrO2. The van der Waals surface area contributed by atoms with Crippen molar-refractivity contribution in [3.8, 4) is 0 Å². The molecular weight excluding hydrogens is 268 g/mol. The molecule has 0 spiro atoms. The largest absolute Gasteiger partial charge is 0.358 e. The molecule has 0 N–H and O–H groups in total. The second-order valence-electron chi connectivity index (χ2n) is 4.12. The predicted molar refractivity (Wildman–Crippen MR) is 67.1 cm³/mol. The van der Waals surface area contributed by atoms with Crippen molar-refractivity contribution in [1.29, 1.82) is 0 Å². The fourth-order valence-electron chi connectivity index (χ4n) is 1.50. The number of benzene rings is 1. The van der Waals surface area contributed by atoms with Gasteiger partial charge < -0.3 is 4.74 Å². The molecule has 0 bridgehead atoms. The molecule has 0 aliphatic carbocycles. The molecule has 1 aromatic rings. The first-order valence-corrected chi connectivity index (χ1v) is 5.97. The van der Waals surface area contributed by atoms with E-state index in [1.807, 2.05) is 44.2 Å². The smallest absolute Gasteiger partial charge is 0.189 e. The molecule has 1 aliphatic heterocycles. The van der Waals surface area contributed by atoms with Gasteiger partial charge in [-0.1, -0.05) is 34.1 Å². The molecule has 0 amide bonds. The van der Waals surface area contributed by atoms with Gasteiger partial charge in [-0.3, -0.25) is 4.79 Å². The van der Waals surface area contributed by atoms with Crippen molar-refractivity contribution >= 4 is 27.8 Å². The van der Waals surface area contributed by atoms with Gasteiger partial charge >= 0.3 is 0 Å². The second-order valence-corrected chi connectivity index (χ2v) is 5.03. The molecule has 1 heterocycles. The zero-order chi connectivity index (χ0) is 11.8. The average molecular weight is 281 g/mol. The summed E-state index contributed by atoms with van der Waals surface area (Å²) >= 11 is 3.36. The van der Waals surface area contributed by atoms with Crippen LogP contribution in [0.5, 0.6) is 0 Å². The molecule has 0 radical (unpaired) electrons. The van der Waals surface area contributed by atoms with E-state index in [2.05, 4.69) is 15.9 Å². The van der Waals surface area contributed by atoms with E-state index in [0.29, 0.717) is 0 Å². The van der Waals surface area contributed by atoms with Crippen LogP contribution >= 0.6 is 15.9 Å². The second kappa shape index (κ2) is 4.15. The molecule has 2 nitrogen and oxygen atoms in total. The van der Waals surface area contributed by atoms with Gasteiger partial charge in [0.25, 0.3) is 0 Å². The lowest BCUT2D eigenvalue weighted by atomic mass is 10.0. The number of ether oxygens (including phenoxy) is 1. The first kappa shape index (κ1) is 11.6. The summed E-state index contributed by atoms with van der Waals surface area (Å²) in [5, 5.41) is 0. The Labute approximate surface area is 103 Å². The van der Waals surface area contributed by atoms with E-state index >= 15 is 0 Å². The Bertz CT molecular complexity index is 436. The van der Waals surface area contributed by atoms with Gasteiger partial charge in [0.1, 0.15) is 0 Å². The van der Waals surface area contributed by atoms with E-state index in [1.165, 1.54) is 0 Å². The molecule has 0 saturated carbocycles. The van der Waals surface area contributed by atoms with Crippen molar-refractivity contribution in [2.24, 2.45) is 0 Å². The molecule has 3 heteroatoms. The number of halogens is 1. The summed E-state index contributed by atoms with van der Waals surface area (Å²) in [6.45, 7) is 3.73. The van der Waals surface area contributed by atoms with E-state index in [-0.39, 0.29) is 11.9 Å². The molecule has 16 heavy (non-hydrogen) atoms. The normalized spacial score (nSPS) is 28.3. The van der Waals surface area contributed by atoms with Crippen LogP contribution in [0.4, 0.5) is 0 Å². The van der Waals surface area contributed by atoms with Crippen molar-refractivity contribution in [2.75, 3.05) is 0 Å². The van der Waals surface area contributed by atoms with Crippen molar-refractivity contribution in [3.63, 3.8) is 0 Å². The third kappa shape index (κ3) is 2.25. The highest BCUT2D eigenvalue weighted by Gasteiger charge is 2.54. The van der Waals surface area contributed by atoms with Crippen LogP contribution in [0.1, 0.15) is 19.4 Å². The lowest BCUT2D eigenvalue weighted by molar-refractivity contribution is -0.118. The standard InChI is InChI=1S/C13H13BrO2/c1-9-13(2,16-9)12(15)8-5-10-3-6-11(14)7-4-10/h3-9H,1-2H3/b8-5+/t9-,13+/m1/s1. The summed E-state index contributed by atoms with van der Waals surface area (Å²) in [5.74, 6) is 0.0305. The number of ketones is 1. The molecule has 1 aliphatic rings. The highest BCUT2D eigenvalue weighted by atomic mass is 79.9. The van der Waals surface area contributed by atoms with Crippen LogP contribution in [-0.2, 0) is 9.53 Å². The Hall–Kier alpha value is -0.930. The first-order valence-electron chi connectivity index (χ1n) is 5.18. The Morgan fingerprint density at radius 3 is 2.50 bits per heavy atom. The van der Waals surface area contributed by atoms with Gasteiger partial charge in [0, 0.05) is 4.47 Å². The van der Waals surface area contributed by atoms with E-state index in [1.54, 1.807) is 6.08 Å². The summed E-state index contributed by atoms with van der Waals surface area (Å²) in [6.07, 6.45) is 3.44. The Morgan fingerprint density at radius 1 is 1.44 bits per heavy atom. The molecule has 1 aromatic carbocycles. The number of hydrogen-bond donors (Lipinski definition) is 0. The van der Waals surface area contributed by atoms with Gasteiger partial charge in [0.15, 0.2) is 11.4 Å². The van der Waals surface area contributed by atoms with Crippen LogP contribution in [0.2, 0.25) is 0 Å². The molecule has 0 aromatic heterocycles. The SMILES string of the molecule is C[C@H]1O[C@]1(C)C(=O)/C=C/c1ccc(Br)cc1. The van der Waals surface area contributed by atoms with Crippen LogP contribution in [0.25, 0.3) is 6.08 Å². The number of epoxide rings is 1. The maximum Gasteiger partial charge on any atom is 0.189 e. The number of rotatable bonds is 3. The van der Waals surface area contributed by atoms with E-state index in [0.717, 1.165) is 10.0 Å². The van der Waals surface area contributed by atoms with Crippen LogP contribution in [0.3, 0.4) is 0 Å².